The van der Waals surface area contributed by atoms with Crippen molar-refractivity contribution in [3.63, 3.8) is 0 Å². The molecule has 2 aromatic carbocycles. The first kappa shape index (κ1) is 18.2. The fraction of sp³-hybridized carbons (Fsp3) is 0.0769. The van der Waals surface area contributed by atoms with Crippen molar-refractivity contribution in [2.24, 2.45) is 0 Å². The number of sulfonamides is 2. The van der Waals surface area contributed by atoms with Crippen molar-refractivity contribution in [2.45, 2.75) is 16.7 Å². The summed E-state index contributed by atoms with van der Waals surface area (Å²) in [5.74, 6) is 0. The van der Waals surface area contributed by atoms with Crippen molar-refractivity contribution < 1.29 is 16.8 Å². The SMILES string of the molecule is Cc1ccc(S(=O)(=O)NNS(=O)(=O)c2c(Cl)cccc2Cl)cc1. The van der Waals surface area contributed by atoms with Crippen LogP contribution in [0.4, 0.5) is 0 Å². The molecule has 6 nitrogen and oxygen atoms in total. The lowest BCUT2D eigenvalue weighted by molar-refractivity contribution is 0.558. The maximum atomic E-state index is 12.2. The van der Waals surface area contributed by atoms with Gasteiger partial charge in [0.2, 0.25) is 0 Å². The molecule has 2 N–H and O–H groups in total. The third-order valence-corrected chi connectivity index (χ3v) is 6.42. The monoisotopic (exact) mass is 394 g/mol. The Balaban J connectivity index is 2.27. The normalized spacial score (nSPS) is 12.3. The molecule has 2 rings (SSSR count). The quantitative estimate of drug-likeness (QED) is 0.761. The molecule has 23 heavy (non-hydrogen) atoms. The van der Waals surface area contributed by atoms with Crippen molar-refractivity contribution >= 4 is 43.2 Å². The maximum Gasteiger partial charge on any atom is 0.257 e. The molecule has 0 heterocycles. The highest BCUT2D eigenvalue weighted by molar-refractivity contribution is 7.92. The fourth-order valence-corrected chi connectivity index (χ4v) is 4.92. The Hall–Kier alpha value is -1.16. The molecule has 0 unspecified atom stereocenters. The van der Waals surface area contributed by atoms with Crippen molar-refractivity contribution in [3.05, 3.63) is 58.1 Å². The van der Waals surface area contributed by atoms with Gasteiger partial charge >= 0.3 is 0 Å². The number of hydrazine groups is 1. The Kier molecular flexibility index (Phi) is 5.34. The van der Waals surface area contributed by atoms with Gasteiger partial charge in [-0.05, 0) is 31.2 Å². The first-order valence-corrected chi connectivity index (χ1v) is 9.90. The van der Waals surface area contributed by atoms with Gasteiger partial charge in [0.1, 0.15) is 4.90 Å². The lowest BCUT2D eigenvalue weighted by Crippen LogP contribution is -2.41. The average molecular weight is 395 g/mol. The summed E-state index contributed by atoms with van der Waals surface area (Å²) in [4.78, 5) is 3.09. The molecule has 124 valence electrons. The predicted molar refractivity (Wildman–Crippen MR) is 88.3 cm³/mol. The number of hydrogen-bond acceptors (Lipinski definition) is 4. The van der Waals surface area contributed by atoms with Crippen LogP contribution in [0.15, 0.2) is 52.3 Å². The number of hydrogen-bond donors (Lipinski definition) is 2. The Morgan fingerprint density at radius 3 is 1.78 bits per heavy atom. The molecule has 0 spiro atoms. The molecule has 10 heteroatoms. The van der Waals surface area contributed by atoms with Crippen LogP contribution in [0.1, 0.15) is 5.56 Å². The molecular formula is C13H12Cl2N2O4S2. The molecule has 0 bridgehead atoms. The third-order valence-electron chi connectivity index (χ3n) is 2.83. The smallest absolute Gasteiger partial charge is 0.206 e. The molecule has 0 fully saturated rings. The number of aryl methyl sites for hydroxylation is 1. The minimum atomic E-state index is -4.28. The highest BCUT2D eigenvalue weighted by atomic mass is 35.5. The van der Waals surface area contributed by atoms with Gasteiger partial charge in [-0.15, -0.1) is 9.66 Å². The molecule has 2 aromatic rings. The summed E-state index contributed by atoms with van der Waals surface area (Å²) in [6, 6.07) is 10.0. The van der Waals surface area contributed by atoms with Crippen molar-refractivity contribution in [1.29, 1.82) is 0 Å². The summed E-state index contributed by atoms with van der Waals surface area (Å²) in [5, 5.41) is -0.251. The summed E-state index contributed by atoms with van der Waals surface area (Å²) >= 11 is 11.6. The van der Waals surface area contributed by atoms with Crippen LogP contribution in [-0.4, -0.2) is 16.8 Å². The Bertz CT molecular complexity index is 907. The van der Waals surface area contributed by atoms with E-state index in [1.807, 2.05) is 0 Å². The van der Waals surface area contributed by atoms with Gasteiger partial charge in [0, 0.05) is 0 Å². The predicted octanol–water partition coefficient (Wildman–Crippen LogP) is 2.47. The van der Waals surface area contributed by atoms with E-state index >= 15 is 0 Å². The standard InChI is InChI=1S/C13H12Cl2N2O4S2/c1-9-5-7-10(8-6-9)22(18,19)16-17-23(20,21)13-11(14)3-2-4-12(13)15/h2-8,16-17H,1H3. The van der Waals surface area contributed by atoms with Crippen LogP contribution in [0.2, 0.25) is 10.0 Å². The van der Waals surface area contributed by atoms with E-state index in [0.717, 1.165) is 5.56 Å². The van der Waals surface area contributed by atoms with Crippen LogP contribution in [-0.2, 0) is 20.0 Å². The molecule has 0 aliphatic carbocycles. The molecule has 0 saturated carbocycles. The van der Waals surface area contributed by atoms with Gasteiger partial charge in [0.25, 0.3) is 20.0 Å². The molecule has 0 aliphatic rings. The molecule has 0 atom stereocenters. The van der Waals surface area contributed by atoms with E-state index in [2.05, 4.69) is 0 Å². The van der Waals surface area contributed by atoms with Gasteiger partial charge in [0.05, 0.1) is 14.9 Å². The minimum absolute atomic E-state index is 0.0870. The molecular weight excluding hydrogens is 383 g/mol. The largest absolute Gasteiger partial charge is 0.257 e. The third kappa shape index (κ3) is 4.23. The second-order valence-electron chi connectivity index (χ2n) is 4.57. The van der Waals surface area contributed by atoms with Crippen LogP contribution in [0.3, 0.4) is 0 Å². The van der Waals surface area contributed by atoms with Crippen LogP contribution < -0.4 is 9.66 Å². The van der Waals surface area contributed by atoms with Crippen LogP contribution in [0, 0.1) is 6.92 Å². The summed E-state index contributed by atoms with van der Waals surface area (Å²) < 4.78 is 48.6. The van der Waals surface area contributed by atoms with Gasteiger partial charge in [-0.2, -0.15) is 0 Å². The molecule has 0 amide bonds. The highest BCUT2D eigenvalue weighted by Gasteiger charge is 2.24. The molecule has 0 aromatic heterocycles. The van der Waals surface area contributed by atoms with Gasteiger partial charge in [-0.3, -0.25) is 0 Å². The van der Waals surface area contributed by atoms with E-state index in [1.165, 1.54) is 30.3 Å². The molecule has 0 radical (unpaired) electrons. The van der Waals surface area contributed by atoms with Gasteiger partial charge in [-0.1, -0.05) is 47.0 Å². The van der Waals surface area contributed by atoms with Gasteiger partial charge in [-0.25, -0.2) is 16.8 Å². The number of halogens is 2. The number of rotatable bonds is 5. The molecule has 0 aliphatic heterocycles. The average Bonchev–Trinajstić information content (AvgIpc) is 2.45. The minimum Gasteiger partial charge on any atom is -0.206 e. The topological polar surface area (TPSA) is 92.3 Å². The number of nitrogens with one attached hydrogen (secondary N) is 2. The van der Waals surface area contributed by atoms with Crippen molar-refractivity contribution in [1.82, 2.24) is 9.66 Å². The van der Waals surface area contributed by atoms with E-state index in [0.29, 0.717) is 0 Å². The van der Waals surface area contributed by atoms with Crippen LogP contribution >= 0.6 is 23.2 Å². The van der Waals surface area contributed by atoms with Crippen LogP contribution in [0.5, 0.6) is 0 Å². The van der Waals surface area contributed by atoms with Gasteiger partial charge in [0.15, 0.2) is 0 Å². The van der Waals surface area contributed by atoms with E-state index in [4.69, 9.17) is 23.2 Å². The fourth-order valence-electron chi connectivity index (χ4n) is 1.68. The zero-order valence-electron chi connectivity index (χ0n) is 11.7. The van der Waals surface area contributed by atoms with E-state index in [1.54, 1.807) is 28.7 Å². The zero-order chi connectivity index (χ0) is 17.3. The van der Waals surface area contributed by atoms with Gasteiger partial charge < -0.3 is 0 Å². The highest BCUT2D eigenvalue weighted by Crippen LogP contribution is 2.28. The Morgan fingerprint density at radius 1 is 0.783 bits per heavy atom. The lowest BCUT2D eigenvalue weighted by Gasteiger charge is -2.11. The zero-order valence-corrected chi connectivity index (χ0v) is 14.9. The van der Waals surface area contributed by atoms with Crippen LogP contribution in [0.25, 0.3) is 0 Å². The Labute approximate surface area is 144 Å². The number of benzene rings is 2. The lowest BCUT2D eigenvalue weighted by atomic mass is 10.2. The first-order chi connectivity index (χ1) is 10.6. The summed E-state index contributed by atoms with van der Waals surface area (Å²) in [7, 11) is -8.35. The van der Waals surface area contributed by atoms with E-state index < -0.39 is 24.9 Å². The Morgan fingerprint density at radius 2 is 1.26 bits per heavy atom. The molecule has 0 saturated heterocycles. The summed E-state index contributed by atoms with van der Waals surface area (Å²) in [6.07, 6.45) is 0. The second-order valence-corrected chi connectivity index (χ2v) is 8.69. The van der Waals surface area contributed by atoms with Crippen molar-refractivity contribution in [2.75, 3.05) is 0 Å². The van der Waals surface area contributed by atoms with E-state index in [-0.39, 0.29) is 14.9 Å². The van der Waals surface area contributed by atoms with E-state index in [9.17, 15) is 16.8 Å². The van der Waals surface area contributed by atoms with Crippen molar-refractivity contribution in [3.8, 4) is 0 Å². The summed E-state index contributed by atoms with van der Waals surface area (Å²) in [6.45, 7) is 1.80. The first-order valence-electron chi connectivity index (χ1n) is 6.18. The maximum absolute atomic E-state index is 12.2. The summed E-state index contributed by atoms with van der Waals surface area (Å²) in [5.41, 5.74) is 0.868. The second kappa shape index (κ2) is 6.76.